The first kappa shape index (κ1) is 12.6. The Labute approximate surface area is 101 Å². The molecule has 0 aliphatic rings. The van der Waals surface area contributed by atoms with Crippen LogP contribution in [0.4, 0.5) is 5.69 Å². The Balaban J connectivity index is 2.69. The maximum atomic E-state index is 5.97. The molecule has 0 aliphatic carbocycles. The molecule has 0 atom stereocenters. The number of anilines is 1. The smallest absolute Gasteiger partial charge is 0.214 e. The van der Waals surface area contributed by atoms with Gasteiger partial charge in [0.25, 0.3) is 0 Å². The van der Waals surface area contributed by atoms with Gasteiger partial charge >= 0.3 is 0 Å². The van der Waals surface area contributed by atoms with Gasteiger partial charge in [-0.2, -0.15) is 0 Å². The van der Waals surface area contributed by atoms with Gasteiger partial charge in [-0.05, 0) is 26.0 Å². The predicted molar refractivity (Wildman–Crippen MR) is 69.6 cm³/mol. The van der Waals surface area contributed by atoms with Crippen LogP contribution in [0.25, 0.3) is 0 Å². The van der Waals surface area contributed by atoms with Gasteiger partial charge in [-0.1, -0.05) is 23.7 Å². The van der Waals surface area contributed by atoms with Crippen LogP contribution in [0.15, 0.2) is 29.4 Å². The summed E-state index contributed by atoms with van der Waals surface area (Å²) in [6.07, 6.45) is 0. The fraction of sp³-hybridized carbons (Fsp3) is 0.364. The lowest BCUT2D eigenvalue weighted by Crippen LogP contribution is -2.37. The van der Waals surface area contributed by atoms with Crippen LogP contribution in [-0.2, 0) is 0 Å². The molecule has 1 rings (SSSR count). The first-order valence-electron chi connectivity index (χ1n) is 5.27. The molecule has 0 aliphatic heterocycles. The molecule has 0 unspecified atom stereocenters. The van der Waals surface area contributed by atoms with Crippen molar-refractivity contribution in [3.8, 4) is 0 Å². The van der Waals surface area contributed by atoms with E-state index in [0.29, 0.717) is 11.0 Å². The molecule has 0 heterocycles. The van der Waals surface area contributed by atoms with Crippen molar-refractivity contribution in [1.82, 2.24) is 4.90 Å². The lowest BCUT2D eigenvalue weighted by Gasteiger charge is -2.19. The van der Waals surface area contributed by atoms with Gasteiger partial charge in [0.05, 0.1) is 10.7 Å². The highest BCUT2D eigenvalue weighted by molar-refractivity contribution is 6.33. The van der Waals surface area contributed by atoms with Crippen molar-refractivity contribution in [3.05, 3.63) is 29.3 Å². The van der Waals surface area contributed by atoms with Gasteiger partial charge in [0, 0.05) is 13.1 Å². The molecule has 5 heteroatoms. The zero-order valence-electron chi connectivity index (χ0n) is 9.57. The van der Waals surface area contributed by atoms with E-state index in [0.717, 1.165) is 18.8 Å². The number of guanidine groups is 1. The van der Waals surface area contributed by atoms with E-state index >= 15 is 0 Å². The van der Waals surface area contributed by atoms with Crippen molar-refractivity contribution < 1.29 is 0 Å². The first-order chi connectivity index (χ1) is 7.69. The molecule has 0 saturated carbocycles. The number of nitrogens with two attached hydrogens (primary N) is 1. The van der Waals surface area contributed by atoms with Gasteiger partial charge < -0.3 is 10.6 Å². The largest absolute Gasteiger partial charge is 0.368 e. The Morgan fingerprint density at radius 1 is 1.38 bits per heavy atom. The summed E-state index contributed by atoms with van der Waals surface area (Å²) in [6, 6.07) is 7.40. The number of hydrogen-bond acceptors (Lipinski definition) is 2. The van der Waals surface area contributed by atoms with Crippen LogP contribution < -0.4 is 11.2 Å². The molecule has 4 nitrogen and oxygen atoms in total. The lowest BCUT2D eigenvalue weighted by molar-refractivity contribution is 0.459. The van der Waals surface area contributed by atoms with E-state index in [2.05, 4.69) is 10.5 Å². The van der Waals surface area contributed by atoms with Gasteiger partial charge in [-0.3, -0.25) is 5.43 Å². The van der Waals surface area contributed by atoms with Gasteiger partial charge in [0.15, 0.2) is 0 Å². The molecule has 0 saturated heterocycles. The minimum Gasteiger partial charge on any atom is -0.368 e. The SMILES string of the molecule is CCN(CC)C(N)=NNc1ccccc1Cl. The standard InChI is InChI=1S/C11H17ClN4/c1-3-16(4-2)11(13)15-14-10-8-6-5-7-9(10)12/h5-8,14H,3-4H2,1-2H3,(H2,13,15). The summed E-state index contributed by atoms with van der Waals surface area (Å²) in [6.45, 7) is 5.72. The summed E-state index contributed by atoms with van der Waals surface area (Å²) >= 11 is 5.97. The highest BCUT2D eigenvalue weighted by Gasteiger charge is 2.02. The highest BCUT2D eigenvalue weighted by Crippen LogP contribution is 2.20. The van der Waals surface area contributed by atoms with E-state index in [-0.39, 0.29) is 0 Å². The predicted octanol–water partition coefficient (Wildman–Crippen LogP) is 2.32. The molecule has 0 spiro atoms. The quantitative estimate of drug-likeness (QED) is 0.483. The van der Waals surface area contributed by atoms with E-state index in [9.17, 15) is 0 Å². The summed E-state index contributed by atoms with van der Waals surface area (Å²) in [7, 11) is 0. The molecule has 0 bridgehead atoms. The number of rotatable bonds is 4. The molecular formula is C11H17ClN4. The maximum absolute atomic E-state index is 5.97. The monoisotopic (exact) mass is 240 g/mol. The zero-order valence-corrected chi connectivity index (χ0v) is 10.3. The van der Waals surface area contributed by atoms with Gasteiger partial charge in [0.1, 0.15) is 0 Å². The Morgan fingerprint density at radius 3 is 2.56 bits per heavy atom. The fourth-order valence-electron chi connectivity index (χ4n) is 1.29. The summed E-state index contributed by atoms with van der Waals surface area (Å²) in [5.74, 6) is 0.463. The second-order valence-electron chi connectivity index (χ2n) is 3.23. The second-order valence-corrected chi connectivity index (χ2v) is 3.64. The molecule has 16 heavy (non-hydrogen) atoms. The number of halogens is 1. The third kappa shape index (κ3) is 3.31. The van der Waals surface area contributed by atoms with Gasteiger partial charge in [-0.25, -0.2) is 0 Å². The van der Waals surface area contributed by atoms with Crippen molar-refractivity contribution in [2.45, 2.75) is 13.8 Å². The van der Waals surface area contributed by atoms with Crippen LogP contribution in [0.1, 0.15) is 13.8 Å². The number of hydrogen-bond donors (Lipinski definition) is 2. The number of benzene rings is 1. The molecule has 0 aromatic heterocycles. The van der Waals surface area contributed by atoms with E-state index in [4.69, 9.17) is 17.3 Å². The Hall–Kier alpha value is -1.42. The van der Waals surface area contributed by atoms with Crippen LogP contribution in [0.3, 0.4) is 0 Å². The highest BCUT2D eigenvalue weighted by atomic mass is 35.5. The normalized spacial score (nSPS) is 11.3. The van der Waals surface area contributed by atoms with E-state index in [1.54, 1.807) is 6.07 Å². The molecular weight excluding hydrogens is 224 g/mol. The van der Waals surface area contributed by atoms with Crippen LogP contribution in [-0.4, -0.2) is 23.9 Å². The molecule has 0 fully saturated rings. The van der Waals surface area contributed by atoms with Gasteiger partial charge in [0.2, 0.25) is 5.96 Å². The van der Waals surface area contributed by atoms with Crippen molar-refractivity contribution in [2.75, 3.05) is 18.5 Å². The van der Waals surface area contributed by atoms with Gasteiger partial charge in [-0.15, -0.1) is 5.10 Å². The van der Waals surface area contributed by atoms with Crippen molar-refractivity contribution >= 4 is 23.2 Å². The molecule has 3 N–H and O–H groups in total. The topological polar surface area (TPSA) is 53.6 Å². The first-order valence-corrected chi connectivity index (χ1v) is 5.65. The Morgan fingerprint density at radius 2 is 2.00 bits per heavy atom. The number of nitrogens with zero attached hydrogens (tertiary/aromatic N) is 2. The molecule has 0 amide bonds. The molecule has 88 valence electrons. The Kier molecular flexibility index (Phi) is 4.92. The average molecular weight is 241 g/mol. The molecule has 1 aromatic carbocycles. The molecule has 0 radical (unpaired) electrons. The molecule has 1 aromatic rings. The summed E-state index contributed by atoms with van der Waals surface area (Å²) < 4.78 is 0. The minimum absolute atomic E-state index is 0.463. The minimum atomic E-state index is 0.463. The fourth-order valence-corrected chi connectivity index (χ4v) is 1.47. The van der Waals surface area contributed by atoms with Crippen molar-refractivity contribution in [2.24, 2.45) is 10.8 Å². The summed E-state index contributed by atoms with van der Waals surface area (Å²) in [4.78, 5) is 1.95. The summed E-state index contributed by atoms with van der Waals surface area (Å²) in [5, 5.41) is 4.71. The van der Waals surface area contributed by atoms with Crippen LogP contribution >= 0.6 is 11.6 Å². The third-order valence-electron chi connectivity index (χ3n) is 2.25. The second kappa shape index (κ2) is 6.23. The zero-order chi connectivity index (χ0) is 12.0. The van der Waals surface area contributed by atoms with Crippen molar-refractivity contribution in [1.29, 1.82) is 0 Å². The number of nitrogens with one attached hydrogen (secondary N) is 1. The number of hydrazone groups is 1. The average Bonchev–Trinajstić information content (AvgIpc) is 2.29. The van der Waals surface area contributed by atoms with Crippen LogP contribution in [0, 0.1) is 0 Å². The van der Waals surface area contributed by atoms with E-state index < -0.39 is 0 Å². The lowest BCUT2D eigenvalue weighted by atomic mass is 10.3. The maximum Gasteiger partial charge on any atom is 0.214 e. The summed E-state index contributed by atoms with van der Waals surface area (Å²) in [5.41, 5.74) is 9.41. The van der Waals surface area contributed by atoms with Crippen LogP contribution in [0.5, 0.6) is 0 Å². The third-order valence-corrected chi connectivity index (χ3v) is 2.58. The van der Waals surface area contributed by atoms with Crippen LogP contribution in [0.2, 0.25) is 5.02 Å². The van der Waals surface area contributed by atoms with E-state index in [1.807, 2.05) is 36.9 Å². The van der Waals surface area contributed by atoms with E-state index in [1.165, 1.54) is 0 Å². The van der Waals surface area contributed by atoms with Crippen molar-refractivity contribution in [3.63, 3.8) is 0 Å². The number of para-hydroxylation sites is 1. The Bertz CT molecular complexity index is 361.